The van der Waals surface area contributed by atoms with E-state index in [1.807, 2.05) is 17.8 Å². The standard InChI is InChI=1S/C63H70N10O11S3/c1-40-36-72(87(83,84)49-29-27-48(28-30-49)86(81,82)56-15-10-13-43-24-31-50(40)67-59(43)56)38-54(75)53(34-42-20-25-47(74)26-21-42)73-37-46(70-71-73)35-65-62(79)51(33-41-18-22-45(23-19-41)61(78)44-11-4-2-5-12-44)66-58(77)17-6-3-9-32-64-57(76)16-8-7-14-55-60-52(39-85-55)68-63(80)69-60/h2,4-5,10-13,15,18-31,37,40,51-55,60,74-75H,3,6-9,14,16-17,32-36,38-39H2,1H3,(H,64,76)(H,65,79)(H,66,77)(H2,68,69,80)/t40?,51-,52-,53-,54?,55-,60-/m0/s1. The summed E-state index contributed by atoms with van der Waals surface area (Å²) in [5.41, 5.74) is 3.27. The van der Waals surface area contributed by atoms with Crippen molar-refractivity contribution in [2.75, 3.05) is 25.4 Å². The zero-order valence-electron chi connectivity index (χ0n) is 48.0. The second kappa shape index (κ2) is 27.8. The van der Waals surface area contributed by atoms with Crippen molar-refractivity contribution in [3.05, 3.63) is 173 Å². The minimum atomic E-state index is -4.41. The Kier molecular flexibility index (Phi) is 19.8. The summed E-state index contributed by atoms with van der Waals surface area (Å²) in [5, 5.41) is 46.8. The third kappa shape index (κ3) is 15.2. The van der Waals surface area contributed by atoms with Crippen molar-refractivity contribution in [3.63, 3.8) is 0 Å². The molecular formula is C63H70N10O11S3. The number of phenols is 1. The highest BCUT2D eigenvalue weighted by atomic mass is 32.2. The number of thioether (sulfide) groups is 1. The first-order chi connectivity index (χ1) is 41.9. The number of aliphatic hydroxyl groups is 1. The van der Waals surface area contributed by atoms with E-state index in [0.717, 1.165) is 29.3 Å². The highest BCUT2D eigenvalue weighted by molar-refractivity contribution is 8.00. The van der Waals surface area contributed by atoms with Crippen molar-refractivity contribution >= 4 is 72.1 Å². The Balaban J connectivity index is 0.795. The number of hydrogen-bond donors (Lipinski definition) is 7. The Morgan fingerprint density at radius 3 is 2.22 bits per heavy atom. The number of rotatable bonds is 25. The van der Waals surface area contributed by atoms with Gasteiger partial charge in [-0.05, 0) is 91.8 Å². The van der Waals surface area contributed by atoms with Crippen molar-refractivity contribution in [2.45, 2.75) is 134 Å². The lowest BCUT2D eigenvalue weighted by Crippen LogP contribution is -2.47. The highest BCUT2D eigenvalue weighted by Gasteiger charge is 2.42. The molecule has 7 aromatic rings. The number of ketones is 1. The van der Waals surface area contributed by atoms with Gasteiger partial charge in [-0.25, -0.2) is 26.3 Å². The maximum absolute atomic E-state index is 14.7. The molecule has 4 aliphatic rings. The van der Waals surface area contributed by atoms with Crippen LogP contribution in [0.2, 0.25) is 0 Å². The fourth-order valence-electron chi connectivity index (χ4n) is 11.3. The van der Waals surface area contributed by atoms with Crippen LogP contribution in [0.5, 0.6) is 5.75 Å². The van der Waals surface area contributed by atoms with Crippen molar-refractivity contribution in [3.8, 4) is 5.75 Å². The van der Waals surface area contributed by atoms with E-state index in [0.29, 0.717) is 70.8 Å². The maximum Gasteiger partial charge on any atom is 0.315 e. The molecule has 87 heavy (non-hydrogen) atoms. The number of aromatic nitrogens is 4. The Labute approximate surface area is 509 Å². The Hall–Kier alpha value is -8.03. The average Bonchev–Trinajstić information content (AvgIpc) is 2.10. The molecule has 0 aliphatic carbocycles. The van der Waals surface area contributed by atoms with E-state index in [1.54, 1.807) is 91.9 Å². The molecule has 2 fully saturated rings. The number of nitrogens with zero attached hydrogens (tertiary/aromatic N) is 5. The summed E-state index contributed by atoms with van der Waals surface area (Å²) in [6, 6.07) is 33.4. The molecule has 4 bridgehead atoms. The zero-order valence-corrected chi connectivity index (χ0v) is 50.4. The van der Waals surface area contributed by atoms with Gasteiger partial charge >= 0.3 is 6.03 Å². The lowest BCUT2D eigenvalue weighted by atomic mass is 9.99. The molecule has 11 rings (SSSR count). The molecular weight excluding hydrogens is 1170 g/mol. The first-order valence-corrected chi connectivity index (χ1v) is 33.2. The number of pyridine rings is 1. The number of unbranched alkanes of at least 4 members (excludes halogenated alkanes) is 3. The molecule has 5 amide bonds. The van der Waals surface area contributed by atoms with Crippen molar-refractivity contribution in [1.82, 2.24) is 50.9 Å². The number of carbonyl (C=O) groups excluding carboxylic acids is 5. The van der Waals surface area contributed by atoms with Crippen LogP contribution in [0.15, 0.2) is 154 Å². The van der Waals surface area contributed by atoms with Crippen LogP contribution in [0.4, 0.5) is 4.79 Å². The Morgan fingerprint density at radius 1 is 0.747 bits per heavy atom. The van der Waals surface area contributed by atoms with E-state index in [9.17, 15) is 51.0 Å². The Bertz CT molecular complexity index is 3840. The van der Waals surface area contributed by atoms with E-state index >= 15 is 0 Å². The summed E-state index contributed by atoms with van der Waals surface area (Å²) in [4.78, 5) is 69.8. The molecule has 24 heteroatoms. The third-order valence-corrected chi connectivity index (χ3v) is 21.3. The molecule has 2 saturated heterocycles. The van der Waals surface area contributed by atoms with Gasteiger partial charge in [0.1, 0.15) is 17.5 Å². The van der Waals surface area contributed by atoms with Crippen molar-refractivity contribution in [1.29, 1.82) is 0 Å². The summed E-state index contributed by atoms with van der Waals surface area (Å²) in [5.74, 6) is -0.778. The smallest absolute Gasteiger partial charge is 0.315 e. The topological polar surface area (TPSA) is 301 Å². The van der Waals surface area contributed by atoms with E-state index in [2.05, 4.69) is 36.9 Å². The number of carbonyl (C=O) groups is 5. The van der Waals surface area contributed by atoms with Crippen LogP contribution in [0.1, 0.15) is 109 Å². The predicted molar refractivity (Wildman–Crippen MR) is 327 cm³/mol. The van der Waals surface area contributed by atoms with E-state index in [-0.39, 0.29) is 99.7 Å². The Morgan fingerprint density at radius 2 is 1.45 bits per heavy atom. The number of nitrogens with one attached hydrogen (secondary N) is 5. The number of aromatic hydroxyl groups is 1. The molecule has 7 N–H and O–H groups in total. The molecule has 4 aliphatic heterocycles. The van der Waals surface area contributed by atoms with E-state index in [4.69, 9.17) is 4.98 Å². The largest absolute Gasteiger partial charge is 0.508 e. The van der Waals surface area contributed by atoms with Gasteiger partial charge in [0.25, 0.3) is 0 Å². The number of benzene rings is 5. The number of para-hydroxylation sites is 1. The van der Waals surface area contributed by atoms with Crippen LogP contribution in [-0.4, -0.2) is 136 Å². The van der Waals surface area contributed by atoms with Gasteiger partial charge in [0.05, 0.1) is 57.2 Å². The molecule has 0 saturated carbocycles. The summed E-state index contributed by atoms with van der Waals surface area (Å²) >= 11 is 1.85. The molecule has 2 unspecified atom stereocenters. The third-order valence-electron chi connectivity index (χ3n) is 16.1. The second-order valence-corrected chi connectivity index (χ2v) is 27.5. The van der Waals surface area contributed by atoms with E-state index in [1.165, 1.54) is 53.3 Å². The fourth-order valence-corrected chi connectivity index (χ4v) is 15.8. The average molecular weight is 1240 g/mol. The van der Waals surface area contributed by atoms with Gasteiger partial charge in [-0.3, -0.25) is 24.2 Å². The monoisotopic (exact) mass is 1240 g/mol. The van der Waals surface area contributed by atoms with Gasteiger partial charge in [0.15, 0.2) is 5.78 Å². The van der Waals surface area contributed by atoms with Crippen LogP contribution in [0.25, 0.3) is 10.9 Å². The molecule has 2 aromatic heterocycles. The number of urea groups is 1. The second-order valence-electron chi connectivity index (χ2n) is 22.4. The predicted octanol–water partition coefficient (Wildman–Crippen LogP) is 6.29. The number of amides is 5. The number of sulfonamides is 1. The number of phenolic OH excluding ortho intramolecular Hbond substituents is 1. The molecule has 7 atom stereocenters. The summed E-state index contributed by atoms with van der Waals surface area (Å²) in [7, 11) is -8.53. The molecule has 456 valence electrons. The minimum absolute atomic E-state index is 0.0108. The molecule has 6 heterocycles. The molecule has 5 aromatic carbocycles. The van der Waals surface area contributed by atoms with E-state index < -0.39 is 56.4 Å². The number of hydrogen-bond acceptors (Lipinski definition) is 15. The number of fused-ring (bicyclic) bond motifs is 6. The quantitative estimate of drug-likeness (QED) is 0.0188. The first-order valence-electron chi connectivity index (χ1n) is 29.2. The summed E-state index contributed by atoms with van der Waals surface area (Å²) in [6.45, 7) is 1.46. The summed E-state index contributed by atoms with van der Waals surface area (Å²) < 4.78 is 59.9. The van der Waals surface area contributed by atoms with Gasteiger partial charge < -0.3 is 36.8 Å². The zero-order chi connectivity index (χ0) is 61.2. The molecule has 0 radical (unpaired) electrons. The summed E-state index contributed by atoms with van der Waals surface area (Å²) in [6.07, 6.45) is 5.13. The maximum atomic E-state index is 14.7. The van der Waals surface area contributed by atoms with Crippen LogP contribution in [-0.2, 0) is 53.6 Å². The normalized spacial score (nSPS) is 19.5. The minimum Gasteiger partial charge on any atom is -0.508 e. The van der Waals surface area contributed by atoms with Gasteiger partial charge in [-0.2, -0.15) is 16.1 Å². The lowest BCUT2D eigenvalue weighted by Gasteiger charge is -2.30. The van der Waals surface area contributed by atoms with Crippen LogP contribution in [0, 0.1) is 0 Å². The van der Waals surface area contributed by atoms with Gasteiger partial charge in [-0.1, -0.05) is 110 Å². The molecule has 21 nitrogen and oxygen atoms in total. The molecule has 0 spiro atoms. The van der Waals surface area contributed by atoms with Crippen LogP contribution in [0.3, 0.4) is 0 Å². The lowest BCUT2D eigenvalue weighted by molar-refractivity contribution is -0.129. The van der Waals surface area contributed by atoms with Gasteiger partial charge in [-0.15, -0.1) is 5.10 Å². The van der Waals surface area contributed by atoms with Gasteiger partial charge in [0.2, 0.25) is 37.6 Å². The number of aliphatic hydroxyl groups excluding tert-OH is 1. The van der Waals surface area contributed by atoms with Gasteiger partial charge in [0, 0.05) is 78.0 Å². The highest BCUT2D eigenvalue weighted by Crippen LogP contribution is 2.35. The van der Waals surface area contributed by atoms with Crippen molar-refractivity contribution in [2.24, 2.45) is 0 Å². The first kappa shape index (κ1) is 62.0. The number of sulfone groups is 1. The fraction of sp³-hybridized carbons (Fsp3) is 0.365. The van der Waals surface area contributed by atoms with Crippen LogP contribution < -0.4 is 26.6 Å². The van der Waals surface area contributed by atoms with Crippen LogP contribution >= 0.6 is 11.8 Å². The SMILES string of the molecule is CC1CN(CC(O)[C@H](Cc2ccc(O)cc2)n2cc(CNC(=O)[C@H](Cc3ccc(C(=O)c4ccccc4)cc3)NC(=O)CCCCCNC(=O)CCCC[C@@H]3SC[C@@H]4NC(=O)N[C@@H]43)nn2)S(=O)(=O)c2ccc(cc2)S(=O)(=O)c2cccc3ccc1nc23. The van der Waals surface area contributed by atoms with Crippen molar-refractivity contribution < 1.29 is 51.0 Å².